The fourth-order valence-electron chi connectivity index (χ4n) is 3.82. The highest BCUT2D eigenvalue weighted by molar-refractivity contribution is 7.10. The van der Waals surface area contributed by atoms with Crippen LogP contribution in [0, 0.1) is 0 Å². The molecule has 178 valence electrons. The van der Waals surface area contributed by atoms with Gasteiger partial charge >= 0.3 is 5.97 Å². The quantitative estimate of drug-likeness (QED) is 0.510. The van der Waals surface area contributed by atoms with Crippen LogP contribution in [0.1, 0.15) is 60.5 Å². The summed E-state index contributed by atoms with van der Waals surface area (Å²) in [5.41, 5.74) is 0. The fourth-order valence-corrected chi connectivity index (χ4v) is 4.65. The Labute approximate surface area is 196 Å². The number of carbonyl (C=O) groups excluding carboxylic acids is 4. The van der Waals surface area contributed by atoms with Gasteiger partial charge in [0, 0.05) is 10.9 Å². The molecule has 0 unspecified atom stereocenters. The van der Waals surface area contributed by atoms with E-state index in [0.717, 1.165) is 32.1 Å². The Bertz CT molecular complexity index is 922. The maximum atomic E-state index is 13.4. The van der Waals surface area contributed by atoms with Crippen molar-refractivity contribution in [3.8, 4) is 0 Å². The predicted molar refractivity (Wildman–Crippen MR) is 121 cm³/mol. The molecule has 2 heterocycles. The molecule has 2 aromatic heterocycles. The third kappa shape index (κ3) is 6.92. The lowest BCUT2D eigenvalue weighted by Gasteiger charge is -2.32. The number of hydrogen-bond donors (Lipinski definition) is 2. The van der Waals surface area contributed by atoms with Crippen molar-refractivity contribution in [1.29, 1.82) is 0 Å². The Kier molecular flexibility index (Phi) is 9.05. The number of ether oxygens (including phenoxy) is 1. The van der Waals surface area contributed by atoms with E-state index in [1.807, 2.05) is 5.38 Å². The minimum absolute atomic E-state index is 0.0342. The van der Waals surface area contributed by atoms with Crippen LogP contribution in [0.25, 0.3) is 0 Å². The minimum atomic E-state index is -1.01. The van der Waals surface area contributed by atoms with Gasteiger partial charge < -0.3 is 24.7 Å². The zero-order chi connectivity index (χ0) is 23.6. The number of carbonyl (C=O) groups is 4. The molecule has 0 bridgehead atoms. The summed E-state index contributed by atoms with van der Waals surface area (Å²) in [5.74, 6) is -2.07. The topological polar surface area (TPSA) is 118 Å². The highest BCUT2D eigenvalue weighted by Gasteiger charge is 2.35. The molecule has 0 radical (unpaired) electrons. The summed E-state index contributed by atoms with van der Waals surface area (Å²) >= 11 is 1.32. The normalized spacial score (nSPS) is 14.8. The molecule has 9 nitrogen and oxygen atoms in total. The second-order valence-electron chi connectivity index (χ2n) is 7.75. The number of nitrogens with one attached hydrogen (secondary N) is 2. The van der Waals surface area contributed by atoms with Gasteiger partial charge in [-0.25, -0.2) is 0 Å². The van der Waals surface area contributed by atoms with Gasteiger partial charge in [0.05, 0.1) is 19.4 Å². The van der Waals surface area contributed by atoms with E-state index < -0.39 is 36.9 Å². The fraction of sp³-hybridized carbons (Fsp3) is 0.478. The first-order valence-electron chi connectivity index (χ1n) is 11.1. The average molecular weight is 476 g/mol. The van der Waals surface area contributed by atoms with Crippen molar-refractivity contribution in [2.24, 2.45) is 0 Å². The molecule has 1 aliphatic rings. The molecule has 0 aromatic carbocycles. The number of amides is 3. The van der Waals surface area contributed by atoms with Crippen molar-refractivity contribution >= 4 is 35.0 Å². The Balaban J connectivity index is 1.80. The molecule has 3 rings (SSSR count). The molecule has 1 saturated carbocycles. The number of hydrogen-bond acceptors (Lipinski definition) is 7. The van der Waals surface area contributed by atoms with E-state index in [4.69, 9.17) is 9.15 Å². The molecular formula is C23H29N3O6S. The number of thiophene rings is 1. The molecule has 2 aromatic rings. The lowest BCUT2D eigenvalue weighted by atomic mass is 9.95. The summed E-state index contributed by atoms with van der Waals surface area (Å²) < 4.78 is 10.1. The van der Waals surface area contributed by atoms with E-state index >= 15 is 0 Å². The van der Waals surface area contributed by atoms with E-state index in [1.165, 1.54) is 28.6 Å². The molecule has 0 spiro atoms. The number of esters is 1. The molecule has 1 fully saturated rings. The summed E-state index contributed by atoms with van der Waals surface area (Å²) in [5, 5.41) is 7.35. The van der Waals surface area contributed by atoms with Crippen LogP contribution in [0.3, 0.4) is 0 Å². The average Bonchev–Trinajstić information content (AvgIpc) is 3.52. The molecule has 10 heteroatoms. The molecule has 2 N–H and O–H groups in total. The summed E-state index contributed by atoms with van der Waals surface area (Å²) in [6, 6.07) is 5.60. The van der Waals surface area contributed by atoms with Crippen LogP contribution >= 0.6 is 11.3 Å². The van der Waals surface area contributed by atoms with E-state index in [2.05, 4.69) is 10.6 Å². The summed E-state index contributed by atoms with van der Waals surface area (Å²) in [7, 11) is 0. The Morgan fingerprint density at radius 2 is 1.97 bits per heavy atom. The van der Waals surface area contributed by atoms with Crippen molar-refractivity contribution in [2.75, 3.05) is 19.7 Å². The first-order valence-corrected chi connectivity index (χ1v) is 12.0. The van der Waals surface area contributed by atoms with E-state index in [-0.39, 0.29) is 24.3 Å². The number of rotatable bonds is 10. The van der Waals surface area contributed by atoms with Crippen molar-refractivity contribution in [1.82, 2.24) is 15.5 Å². The maximum absolute atomic E-state index is 13.4. The molecule has 33 heavy (non-hydrogen) atoms. The van der Waals surface area contributed by atoms with Gasteiger partial charge in [0.15, 0.2) is 5.76 Å². The monoisotopic (exact) mass is 475 g/mol. The molecule has 3 amide bonds. The summed E-state index contributed by atoms with van der Waals surface area (Å²) in [6.45, 7) is 0.996. The van der Waals surface area contributed by atoms with Crippen molar-refractivity contribution in [3.05, 3.63) is 46.5 Å². The third-order valence-corrected chi connectivity index (χ3v) is 6.32. The van der Waals surface area contributed by atoms with Crippen LogP contribution in [-0.2, 0) is 19.1 Å². The van der Waals surface area contributed by atoms with Crippen LogP contribution in [-0.4, -0.2) is 54.3 Å². The largest absolute Gasteiger partial charge is 0.465 e. The van der Waals surface area contributed by atoms with Gasteiger partial charge in [-0.3, -0.25) is 19.2 Å². The zero-order valence-corrected chi connectivity index (χ0v) is 19.4. The number of nitrogens with zero attached hydrogens (tertiary/aromatic N) is 1. The lowest BCUT2D eigenvalue weighted by molar-refractivity contribution is -0.152. The van der Waals surface area contributed by atoms with E-state index in [0.29, 0.717) is 4.88 Å². The second-order valence-corrected chi connectivity index (χ2v) is 8.73. The van der Waals surface area contributed by atoms with Gasteiger partial charge in [0.1, 0.15) is 12.6 Å². The van der Waals surface area contributed by atoms with E-state index in [9.17, 15) is 19.2 Å². The van der Waals surface area contributed by atoms with Gasteiger partial charge in [-0.15, -0.1) is 11.3 Å². The highest BCUT2D eigenvalue weighted by Crippen LogP contribution is 2.27. The summed E-state index contributed by atoms with van der Waals surface area (Å²) in [4.78, 5) is 52.9. The van der Waals surface area contributed by atoms with E-state index in [1.54, 1.807) is 25.1 Å². The highest BCUT2D eigenvalue weighted by atomic mass is 32.1. The third-order valence-electron chi connectivity index (χ3n) is 5.39. The summed E-state index contributed by atoms with van der Waals surface area (Å²) in [6.07, 6.45) is 6.34. The van der Waals surface area contributed by atoms with Crippen LogP contribution in [0.2, 0.25) is 0 Å². The van der Waals surface area contributed by atoms with Gasteiger partial charge in [0.25, 0.3) is 5.91 Å². The second kappa shape index (κ2) is 12.2. The van der Waals surface area contributed by atoms with Crippen LogP contribution in [0.4, 0.5) is 0 Å². The SMILES string of the molecule is CCOC(=O)CN(C(=O)CNC(=O)c1ccco1)[C@H](C(=O)NC1CCCCC1)c1cccs1. The minimum Gasteiger partial charge on any atom is -0.465 e. The van der Waals surface area contributed by atoms with Gasteiger partial charge in [0.2, 0.25) is 11.8 Å². The number of furan rings is 1. The van der Waals surface area contributed by atoms with Crippen molar-refractivity contribution in [3.63, 3.8) is 0 Å². The standard InChI is InChI=1S/C23H29N3O6S/c1-2-31-20(28)15-26(19(27)14-24-22(29)17-10-6-12-32-17)21(18-11-7-13-33-18)23(30)25-16-8-4-3-5-9-16/h6-7,10-13,16,21H,2-5,8-9,14-15H2,1H3,(H,24,29)(H,25,30)/t21-/m0/s1. The lowest BCUT2D eigenvalue weighted by Crippen LogP contribution is -2.50. The van der Waals surface area contributed by atoms with Gasteiger partial charge in [-0.1, -0.05) is 25.3 Å². The van der Waals surface area contributed by atoms with Crippen LogP contribution in [0.5, 0.6) is 0 Å². The van der Waals surface area contributed by atoms with Crippen molar-refractivity contribution in [2.45, 2.75) is 51.1 Å². The molecule has 1 aliphatic carbocycles. The van der Waals surface area contributed by atoms with Gasteiger partial charge in [-0.2, -0.15) is 0 Å². The first-order chi connectivity index (χ1) is 16.0. The molecular weight excluding hydrogens is 446 g/mol. The Morgan fingerprint density at radius 3 is 2.61 bits per heavy atom. The first kappa shape index (κ1) is 24.5. The van der Waals surface area contributed by atoms with Crippen molar-refractivity contribution < 1.29 is 28.3 Å². The van der Waals surface area contributed by atoms with Crippen LogP contribution in [0.15, 0.2) is 40.3 Å². The Morgan fingerprint density at radius 1 is 1.18 bits per heavy atom. The molecule has 0 aliphatic heterocycles. The smallest absolute Gasteiger partial charge is 0.325 e. The predicted octanol–water partition coefficient (Wildman–Crippen LogP) is 2.65. The molecule has 1 atom stereocenters. The van der Waals surface area contributed by atoms with Gasteiger partial charge in [-0.05, 0) is 43.3 Å². The molecule has 0 saturated heterocycles. The maximum Gasteiger partial charge on any atom is 0.325 e. The zero-order valence-electron chi connectivity index (χ0n) is 18.6. The Hall–Kier alpha value is -3.14. The van der Waals surface area contributed by atoms with Crippen LogP contribution < -0.4 is 10.6 Å².